The fourth-order valence-electron chi connectivity index (χ4n) is 11.7. The molecule has 0 aliphatic rings. The standard InChI is InChI=1S/C42H45B19O/c43-24-19(20-21(31(50)39(58)38(57)30(20)49)22(25(24)44)23-32(51)40(59)42(61)41(60)33(23)52)14-17-15(26(45)34(53)36(55)28(17)47)13(16-18(14)29(48)37(56)35(54)27(16)46)8-5-6-12-10(7-8)9-3-1-2-4-11(9)62-12/h1-7H,43-61H2. The highest BCUT2D eigenvalue weighted by Crippen LogP contribution is 2.43. The lowest BCUT2D eigenvalue weighted by Gasteiger charge is -2.32. The molecular weight excluding hydrogens is 726 g/mol. The van der Waals surface area contributed by atoms with E-state index in [1.165, 1.54) is 169 Å². The predicted molar refractivity (Wildman–Crippen MR) is 338 cm³/mol. The number of hydrogen-bond acceptors (Lipinski definition) is 1. The molecule has 9 rings (SSSR count). The van der Waals surface area contributed by atoms with E-state index in [2.05, 4.69) is 192 Å². The van der Waals surface area contributed by atoms with Gasteiger partial charge in [0.15, 0.2) is 0 Å². The number of benzene rings is 8. The van der Waals surface area contributed by atoms with Gasteiger partial charge in [-0.05, 0) is 83.9 Å². The number of furan rings is 1. The summed E-state index contributed by atoms with van der Waals surface area (Å²) in [4.78, 5) is 0. The fraction of sp³-hybridized carbons (Fsp3) is 0. The molecule has 0 spiro atoms. The fourth-order valence-corrected chi connectivity index (χ4v) is 11.7. The van der Waals surface area contributed by atoms with Gasteiger partial charge < -0.3 is 4.42 Å². The summed E-state index contributed by atoms with van der Waals surface area (Å²) in [6, 6.07) is 15.4. The van der Waals surface area contributed by atoms with E-state index in [0.717, 1.165) is 21.9 Å². The van der Waals surface area contributed by atoms with E-state index >= 15 is 0 Å². The molecule has 9 aromatic rings. The molecule has 0 atom stereocenters. The van der Waals surface area contributed by atoms with Crippen LogP contribution in [0.5, 0.6) is 0 Å². The van der Waals surface area contributed by atoms with Crippen molar-refractivity contribution in [2.24, 2.45) is 0 Å². The highest BCUT2D eigenvalue weighted by molar-refractivity contribution is 6.75. The Hall–Kier alpha value is -4.43. The molecule has 0 amide bonds. The summed E-state index contributed by atoms with van der Waals surface area (Å²) >= 11 is 0. The first-order chi connectivity index (χ1) is 29.2. The van der Waals surface area contributed by atoms with Crippen LogP contribution in [0, 0.1) is 0 Å². The molecular formula is C42H45B19O. The van der Waals surface area contributed by atoms with Crippen LogP contribution in [0.4, 0.5) is 0 Å². The largest absolute Gasteiger partial charge is 0.456 e. The molecule has 0 unspecified atom stereocenters. The molecule has 1 heterocycles. The van der Waals surface area contributed by atoms with Crippen LogP contribution in [-0.2, 0) is 0 Å². The Kier molecular flexibility index (Phi) is 10.2. The number of para-hydroxylation sites is 1. The van der Waals surface area contributed by atoms with Crippen molar-refractivity contribution in [1.29, 1.82) is 0 Å². The zero-order valence-electron chi connectivity index (χ0n) is 40.9. The summed E-state index contributed by atoms with van der Waals surface area (Å²) in [5, 5.41) is 10.7. The Bertz CT molecular complexity index is 3460. The van der Waals surface area contributed by atoms with Crippen molar-refractivity contribution < 1.29 is 4.42 Å². The third-order valence-electron chi connectivity index (χ3n) is 17.0. The van der Waals surface area contributed by atoms with Crippen molar-refractivity contribution >= 4 is 307 Å². The van der Waals surface area contributed by atoms with E-state index in [0.29, 0.717) is 0 Å². The molecule has 0 aliphatic carbocycles. The van der Waals surface area contributed by atoms with E-state index in [4.69, 9.17) is 4.42 Å². The van der Waals surface area contributed by atoms with Gasteiger partial charge in [0.1, 0.15) is 160 Å². The molecule has 0 radical (unpaired) electrons. The number of fused-ring (bicyclic) bond motifs is 6. The third kappa shape index (κ3) is 5.62. The molecule has 8 aromatic carbocycles. The van der Waals surface area contributed by atoms with Crippen LogP contribution in [0.15, 0.2) is 46.9 Å². The van der Waals surface area contributed by atoms with Gasteiger partial charge in [0.2, 0.25) is 0 Å². The SMILES string of the molecule is Bc1c(B)c(B)c(-c2c(B)c(B)c(-c3c4c(B)c(B)c(B)c(B)c4c(-c4ccc5oc6ccccc6c5c4)c4c(B)c(B)c(B)c(B)c34)c3c(B)c(B)c(B)c(B)c23)c(B)c1B. The van der Waals surface area contributed by atoms with E-state index in [9.17, 15) is 0 Å². The monoisotopic (exact) mass is 775 g/mol. The van der Waals surface area contributed by atoms with Crippen molar-refractivity contribution in [3.63, 3.8) is 0 Å². The Balaban J connectivity index is 1.61. The zero-order valence-corrected chi connectivity index (χ0v) is 40.9. The quantitative estimate of drug-likeness (QED) is 0.129. The molecule has 0 saturated heterocycles. The molecule has 20 heteroatoms. The first-order valence-electron chi connectivity index (χ1n) is 22.7. The molecule has 1 nitrogen and oxygen atoms in total. The lowest BCUT2D eigenvalue weighted by Crippen LogP contribution is -2.56. The molecule has 0 bridgehead atoms. The average Bonchev–Trinajstić information content (AvgIpc) is 3.64. The van der Waals surface area contributed by atoms with E-state index in [1.54, 1.807) is 0 Å². The van der Waals surface area contributed by atoms with Crippen molar-refractivity contribution in [1.82, 2.24) is 0 Å². The van der Waals surface area contributed by atoms with Gasteiger partial charge in [0.25, 0.3) is 0 Å². The molecule has 0 aliphatic heterocycles. The summed E-state index contributed by atoms with van der Waals surface area (Å²) < 4.78 is 6.43. The second-order valence-electron chi connectivity index (χ2n) is 19.3. The van der Waals surface area contributed by atoms with Gasteiger partial charge in [-0.15, -0.1) is 49.2 Å². The van der Waals surface area contributed by atoms with Crippen LogP contribution in [0.3, 0.4) is 0 Å². The normalized spacial score (nSPS) is 11.8. The second kappa shape index (κ2) is 14.8. The first kappa shape index (κ1) is 42.9. The third-order valence-corrected chi connectivity index (χ3v) is 17.0. The molecule has 0 fully saturated rings. The summed E-state index contributed by atoms with van der Waals surface area (Å²) in [7, 11) is 45.0. The highest BCUT2D eigenvalue weighted by Gasteiger charge is 2.30. The predicted octanol–water partition coefficient (Wildman–Crippen LogP) is -21.0. The maximum absolute atomic E-state index is 6.43. The summed E-state index contributed by atoms with van der Waals surface area (Å²) in [6.07, 6.45) is 0. The lowest BCUT2D eigenvalue weighted by molar-refractivity contribution is 0.669. The average molecular weight is 771 g/mol. The summed E-state index contributed by atoms with van der Waals surface area (Å²) in [6.45, 7) is 0. The Morgan fingerprint density at radius 1 is 0.242 bits per heavy atom. The molecule has 1 aromatic heterocycles. The van der Waals surface area contributed by atoms with Gasteiger partial charge >= 0.3 is 0 Å². The van der Waals surface area contributed by atoms with Gasteiger partial charge in [-0.1, -0.05) is 78.9 Å². The second-order valence-corrected chi connectivity index (χ2v) is 19.3. The number of hydrogen-bond donors (Lipinski definition) is 0. The van der Waals surface area contributed by atoms with Crippen LogP contribution < -0.4 is 104 Å². The van der Waals surface area contributed by atoms with E-state index in [-0.39, 0.29) is 0 Å². The zero-order chi connectivity index (χ0) is 44.9. The van der Waals surface area contributed by atoms with Gasteiger partial charge in [-0.2, -0.15) is 0 Å². The van der Waals surface area contributed by atoms with Crippen LogP contribution in [0.2, 0.25) is 0 Å². The van der Waals surface area contributed by atoms with Crippen molar-refractivity contribution in [3.05, 3.63) is 42.5 Å². The first-order valence-corrected chi connectivity index (χ1v) is 22.7. The summed E-state index contributed by atoms with van der Waals surface area (Å²) in [5.74, 6) is 0. The van der Waals surface area contributed by atoms with Gasteiger partial charge in [-0.25, -0.2) is 0 Å². The van der Waals surface area contributed by atoms with Crippen LogP contribution in [-0.4, -0.2) is 149 Å². The summed E-state index contributed by atoms with van der Waals surface area (Å²) in [5.41, 5.74) is 36.4. The molecule has 0 N–H and O–H groups in total. The van der Waals surface area contributed by atoms with Crippen LogP contribution in [0.1, 0.15) is 0 Å². The Morgan fingerprint density at radius 2 is 0.548 bits per heavy atom. The van der Waals surface area contributed by atoms with Crippen molar-refractivity contribution in [3.8, 4) is 33.4 Å². The molecule has 276 valence electrons. The maximum Gasteiger partial charge on any atom is 0.139 e. The highest BCUT2D eigenvalue weighted by atomic mass is 16.3. The van der Waals surface area contributed by atoms with Crippen LogP contribution in [0.25, 0.3) is 87.6 Å². The minimum Gasteiger partial charge on any atom is -0.456 e. The van der Waals surface area contributed by atoms with Crippen molar-refractivity contribution in [2.45, 2.75) is 0 Å². The molecule has 0 saturated carbocycles. The van der Waals surface area contributed by atoms with E-state index in [1.807, 2.05) is 0 Å². The smallest absolute Gasteiger partial charge is 0.139 e. The van der Waals surface area contributed by atoms with E-state index < -0.39 is 0 Å². The minimum atomic E-state index is 0.929. The minimum absolute atomic E-state index is 0.929. The van der Waals surface area contributed by atoms with Crippen molar-refractivity contribution in [2.75, 3.05) is 0 Å². The maximum atomic E-state index is 6.43. The Morgan fingerprint density at radius 3 is 0.984 bits per heavy atom. The van der Waals surface area contributed by atoms with Gasteiger partial charge in [0.05, 0.1) is 0 Å². The molecule has 62 heavy (non-hydrogen) atoms. The topological polar surface area (TPSA) is 13.1 Å². The van der Waals surface area contributed by atoms with Crippen LogP contribution >= 0.6 is 0 Å². The number of rotatable bonds is 3. The Labute approximate surface area is 385 Å². The van der Waals surface area contributed by atoms with Gasteiger partial charge in [-0.3, -0.25) is 0 Å². The lowest BCUT2D eigenvalue weighted by atomic mass is 9.55. The van der Waals surface area contributed by atoms with Gasteiger partial charge in [0, 0.05) is 10.8 Å².